The van der Waals surface area contributed by atoms with Crippen LogP contribution in [0.15, 0.2) is 70.4 Å². The molecule has 5 rings (SSSR count). The summed E-state index contributed by atoms with van der Waals surface area (Å²) in [5, 5.41) is 0.981. The van der Waals surface area contributed by atoms with Crippen LogP contribution in [0.25, 0.3) is 16.6 Å². The van der Waals surface area contributed by atoms with E-state index >= 15 is 0 Å². The lowest BCUT2D eigenvalue weighted by atomic mass is 10.0. The zero-order valence-corrected chi connectivity index (χ0v) is 19.1. The predicted molar refractivity (Wildman–Crippen MR) is 131 cm³/mol. The van der Waals surface area contributed by atoms with Gasteiger partial charge in [-0.15, -0.1) is 0 Å². The van der Waals surface area contributed by atoms with E-state index in [-0.39, 0.29) is 17.6 Å². The first kappa shape index (κ1) is 20.8. The number of thioether (sulfide) groups is 1. The molecule has 2 aromatic carbocycles. The second-order valence-corrected chi connectivity index (χ2v) is 9.51. The first-order valence-electron chi connectivity index (χ1n) is 10.9. The molecule has 3 atom stereocenters. The van der Waals surface area contributed by atoms with Gasteiger partial charge in [-0.25, -0.2) is 4.98 Å². The Bertz CT molecular complexity index is 1220. The third-order valence-corrected chi connectivity index (χ3v) is 7.69. The molecule has 7 heteroatoms. The van der Waals surface area contributed by atoms with Gasteiger partial charge >= 0.3 is 0 Å². The molecule has 164 valence electrons. The molecule has 1 aliphatic carbocycles. The summed E-state index contributed by atoms with van der Waals surface area (Å²) in [6, 6.07) is 18.1. The Morgan fingerprint density at radius 2 is 1.97 bits per heavy atom. The molecule has 1 saturated heterocycles. The lowest BCUT2D eigenvalue weighted by molar-refractivity contribution is -0.128. The van der Waals surface area contributed by atoms with Crippen molar-refractivity contribution in [3.8, 4) is 0 Å². The maximum Gasteiger partial charge on any atom is 0.270 e. The van der Waals surface area contributed by atoms with Gasteiger partial charge in [0, 0.05) is 44.2 Å². The van der Waals surface area contributed by atoms with E-state index in [2.05, 4.69) is 15.6 Å². The molecule has 3 unspecified atom stereocenters. The number of aromatic nitrogens is 2. The van der Waals surface area contributed by atoms with Crippen LogP contribution in [0.4, 0.5) is 0 Å². The highest BCUT2D eigenvalue weighted by molar-refractivity contribution is 7.99. The molecule has 3 aromatic rings. The normalized spacial score (nSPS) is 22.9. The van der Waals surface area contributed by atoms with E-state index in [1.54, 1.807) is 25.0 Å². The fraction of sp³-hybridized carbons (Fsp3) is 0.320. The van der Waals surface area contributed by atoms with E-state index in [0.717, 1.165) is 34.1 Å². The molecule has 1 aliphatic heterocycles. The first-order valence-corrected chi connectivity index (χ1v) is 11.9. The van der Waals surface area contributed by atoms with E-state index < -0.39 is 0 Å². The highest BCUT2D eigenvalue weighted by atomic mass is 32.2. The van der Waals surface area contributed by atoms with Crippen LogP contribution in [0, 0.1) is 11.8 Å². The predicted octanol–water partition coefficient (Wildman–Crippen LogP) is 3.58. The Kier molecular flexibility index (Phi) is 5.51. The van der Waals surface area contributed by atoms with Gasteiger partial charge in [0.1, 0.15) is 5.70 Å². The quantitative estimate of drug-likeness (QED) is 0.357. The van der Waals surface area contributed by atoms with Crippen LogP contribution in [0.1, 0.15) is 12.0 Å². The average Bonchev–Trinajstić information content (AvgIpc) is 3.40. The number of carbonyl (C=O) groups is 1. The van der Waals surface area contributed by atoms with E-state index in [4.69, 9.17) is 10.7 Å². The first-order chi connectivity index (χ1) is 15.6. The summed E-state index contributed by atoms with van der Waals surface area (Å²) < 4.78 is 2.13. The molecule has 2 N–H and O–H groups in total. The zero-order valence-electron chi connectivity index (χ0n) is 18.3. The maximum atomic E-state index is 13.5. The minimum Gasteiger partial charge on any atom is -0.394 e. The SMILES string of the molecule is CN=C/C(=C(\N)C(=O)N1CC2CC2C1CSc1nc2ccccc2n1C)c1ccccc1. The highest BCUT2D eigenvalue weighted by Gasteiger charge is 2.54. The summed E-state index contributed by atoms with van der Waals surface area (Å²) >= 11 is 1.72. The largest absolute Gasteiger partial charge is 0.394 e. The number of piperidine rings is 1. The van der Waals surface area contributed by atoms with Gasteiger partial charge in [0.25, 0.3) is 5.91 Å². The van der Waals surface area contributed by atoms with Crippen LogP contribution in [-0.4, -0.2) is 52.0 Å². The van der Waals surface area contributed by atoms with Crippen LogP contribution in [0.2, 0.25) is 0 Å². The second-order valence-electron chi connectivity index (χ2n) is 8.52. The summed E-state index contributed by atoms with van der Waals surface area (Å²) in [5.41, 5.74) is 10.4. The number of amides is 1. The van der Waals surface area contributed by atoms with Crippen molar-refractivity contribution in [2.75, 3.05) is 19.3 Å². The van der Waals surface area contributed by atoms with Gasteiger partial charge < -0.3 is 15.2 Å². The van der Waals surface area contributed by atoms with E-state index in [1.807, 2.05) is 60.5 Å². The van der Waals surface area contributed by atoms with Gasteiger partial charge in [-0.05, 0) is 36.0 Å². The van der Waals surface area contributed by atoms with E-state index in [9.17, 15) is 4.79 Å². The fourth-order valence-electron chi connectivity index (χ4n) is 4.75. The zero-order chi connectivity index (χ0) is 22.2. The Morgan fingerprint density at radius 3 is 2.72 bits per heavy atom. The molecule has 32 heavy (non-hydrogen) atoms. The van der Waals surface area contributed by atoms with Crippen molar-refractivity contribution in [3.05, 3.63) is 65.9 Å². The van der Waals surface area contributed by atoms with Gasteiger partial charge in [-0.3, -0.25) is 9.79 Å². The fourth-order valence-corrected chi connectivity index (χ4v) is 5.95. The molecule has 1 amide bonds. The number of imidazole rings is 1. The van der Waals surface area contributed by atoms with Crippen LogP contribution in [-0.2, 0) is 11.8 Å². The third kappa shape index (κ3) is 3.71. The van der Waals surface area contributed by atoms with Crippen LogP contribution >= 0.6 is 11.8 Å². The number of nitrogens with two attached hydrogens (primary N) is 1. The van der Waals surface area contributed by atoms with Crippen molar-refractivity contribution in [1.82, 2.24) is 14.5 Å². The van der Waals surface area contributed by atoms with Crippen molar-refractivity contribution >= 4 is 40.5 Å². The van der Waals surface area contributed by atoms with Crippen molar-refractivity contribution in [2.24, 2.45) is 29.6 Å². The highest BCUT2D eigenvalue weighted by Crippen LogP contribution is 2.51. The van der Waals surface area contributed by atoms with E-state index in [1.165, 1.54) is 6.42 Å². The summed E-state index contributed by atoms with van der Waals surface area (Å²) in [6.07, 6.45) is 2.88. The van der Waals surface area contributed by atoms with Gasteiger partial charge in [-0.1, -0.05) is 54.2 Å². The van der Waals surface area contributed by atoms with Crippen LogP contribution in [0.5, 0.6) is 0 Å². The summed E-state index contributed by atoms with van der Waals surface area (Å²) in [5.74, 6) is 1.89. The number of para-hydroxylation sites is 2. The number of fused-ring (bicyclic) bond motifs is 2. The van der Waals surface area contributed by atoms with Gasteiger partial charge in [-0.2, -0.15) is 0 Å². The topological polar surface area (TPSA) is 76.5 Å². The van der Waals surface area contributed by atoms with Crippen LogP contribution in [0.3, 0.4) is 0 Å². The molecular weight excluding hydrogens is 418 g/mol. The number of hydrogen-bond acceptors (Lipinski definition) is 5. The lowest BCUT2D eigenvalue weighted by Gasteiger charge is -2.28. The number of benzene rings is 2. The number of allylic oxidation sites excluding steroid dienone is 1. The van der Waals surface area contributed by atoms with Crippen LogP contribution < -0.4 is 5.73 Å². The third-order valence-electron chi connectivity index (χ3n) is 6.56. The van der Waals surface area contributed by atoms with Crippen molar-refractivity contribution < 1.29 is 4.79 Å². The summed E-state index contributed by atoms with van der Waals surface area (Å²) in [7, 11) is 3.74. The van der Waals surface area contributed by atoms with E-state index in [0.29, 0.717) is 17.4 Å². The number of likely N-dealkylation sites (tertiary alicyclic amines) is 1. The molecule has 1 saturated carbocycles. The van der Waals surface area contributed by atoms with Gasteiger partial charge in [0.15, 0.2) is 5.16 Å². The Labute approximate surface area is 192 Å². The van der Waals surface area contributed by atoms with Crippen molar-refractivity contribution in [3.63, 3.8) is 0 Å². The molecular formula is C25H27N5OS. The minimum absolute atomic E-state index is 0.0912. The molecule has 0 bridgehead atoms. The van der Waals surface area contributed by atoms with Gasteiger partial charge in [0.2, 0.25) is 0 Å². The molecule has 2 heterocycles. The molecule has 0 radical (unpaired) electrons. The smallest absolute Gasteiger partial charge is 0.270 e. The average molecular weight is 446 g/mol. The molecule has 0 spiro atoms. The van der Waals surface area contributed by atoms with Gasteiger partial charge in [0.05, 0.1) is 11.0 Å². The number of hydrogen-bond donors (Lipinski definition) is 1. The monoisotopic (exact) mass is 445 g/mol. The molecule has 2 fully saturated rings. The molecule has 2 aliphatic rings. The number of aryl methyl sites for hydroxylation is 1. The molecule has 1 aromatic heterocycles. The lowest BCUT2D eigenvalue weighted by Crippen LogP contribution is -2.42. The van der Waals surface area contributed by atoms with Crippen molar-refractivity contribution in [2.45, 2.75) is 17.6 Å². The number of aliphatic imine (C=N–C) groups is 1. The Morgan fingerprint density at radius 1 is 1.22 bits per heavy atom. The number of rotatable bonds is 6. The molecule has 6 nitrogen and oxygen atoms in total. The number of nitrogens with zero attached hydrogens (tertiary/aromatic N) is 4. The minimum atomic E-state index is -0.0912. The summed E-state index contributed by atoms with van der Waals surface area (Å²) in [4.78, 5) is 24.4. The summed E-state index contributed by atoms with van der Waals surface area (Å²) in [6.45, 7) is 0.781. The number of carbonyl (C=O) groups excluding carboxylic acids is 1. The standard InChI is InChI=1S/C25H27N5OS/c1-27-13-19(16-8-4-3-5-9-16)23(26)24(31)30-14-17-12-18(17)22(30)15-32-25-28-20-10-6-7-11-21(20)29(25)2/h3-11,13,17-18,22H,12,14-15,26H2,1-2H3/b23-19+,27-13?. The van der Waals surface area contributed by atoms with Crippen molar-refractivity contribution in [1.29, 1.82) is 0 Å². The maximum absolute atomic E-state index is 13.5. The second kappa shape index (κ2) is 8.47. The Hall–Kier alpha value is -3.06. The Balaban J connectivity index is 1.38.